The number of nitrogens with zero attached hydrogens (tertiary/aromatic N) is 1. The lowest BCUT2D eigenvalue weighted by molar-refractivity contribution is -0.119. The number of imidazole rings is 1. The average Bonchev–Trinajstić information content (AvgIpc) is 3.30. The molecule has 3 N–H and O–H groups in total. The monoisotopic (exact) mass is 464 g/mol. The molecule has 2 aromatic rings. The van der Waals surface area contributed by atoms with Gasteiger partial charge in [-0.25, -0.2) is 13.4 Å². The lowest BCUT2D eigenvalue weighted by Crippen LogP contribution is -2.55. The highest BCUT2D eigenvalue weighted by molar-refractivity contribution is 7.92. The van der Waals surface area contributed by atoms with Crippen LogP contribution < -0.4 is 10.6 Å². The number of amides is 1. The Morgan fingerprint density at radius 1 is 1.28 bits per heavy atom. The fraction of sp³-hybridized carbons (Fsp3) is 0.556. The van der Waals surface area contributed by atoms with Crippen molar-refractivity contribution >= 4 is 57.3 Å². The van der Waals surface area contributed by atoms with Gasteiger partial charge in [0.05, 0.1) is 11.0 Å². The Bertz CT molecular complexity index is 967. The quantitative estimate of drug-likeness (QED) is 0.639. The molecule has 1 amide bonds. The van der Waals surface area contributed by atoms with E-state index < -0.39 is 20.5 Å². The number of hydrogen-bond acceptors (Lipinski definition) is 6. The maximum atomic E-state index is 12.9. The number of carbonyl (C=O) groups excluding carboxylic acids is 1. The second-order valence-corrected chi connectivity index (χ2v) is 9.65. The molecule has 162 valence electrons. The van der Waals surface area contributed by atoms with Crippen molar-refractivity contribution in [3.63, 3.8) is 0 Å². The minimum Gasteiger partial charge on any atom is -0.370 e. The molecule has 8 nitrogen and oxygen atoms in total. The van der Waals surface area contributed by atoms with E-state index in [1.165, 1.54) is 0 Å². The van der Waals surface area contributed by atoms with Gasteiger partial charge in [0.15, 0.2) is 14.6 Å². The smallest absolute Gasteiger partial charge is 0.245 e. The van der Waals surface area contributed by atoms with Gasteiger partial charge in [0.2, 0.25) is 5.91 Å². The number of benzene rings is 1. The molecule has 4 rings (SSSR count). The van der Waals surface area contributed by atoms with Crippen LogP contribution in [0.2, 0.25) is 0 Å². The normalized spacial score (nSPS) is 21.2. The summed E-state index contributed by atoms with van der Waals surface area (Å²) in [6.45, 7) is 1.75. The number of halogens is 2. The summed E-state index contributed by atoms with van der Waals surface area (Å²) in [5.74, 6) is 0.321. The number of anilines is 1. The first-order valence-electron chi connectivity index (χ1n) is 9.22. The van der Waals surface area contributed by atoms with Crippen LogP contribution in [-0.2, 0) is 19.4 Å². The predicted octanol–water partition coefficient (Wildman–Crippen LogP) is 2.36. The van der Waals surface area contributed by atoms with Gasteiger partial charge in [-0.2, -0.15) is 0 Å². The van der Waals surface area contributed by atoms with Crippen LogP contribution in [0.5, 0.6) is 0 Å². The lowest BCUT2D eigenvalue weighted by Gasteiger charge is -2.34. The summed E-state index contributed by atoms with van der Waals surface area (Å²) in [4.78, 5) is 20.7. The van der Waals surface area contributed by atoms with E-state index in [2.05, 4.69) is 20.6 Å². The van der Waals surface area contributed by atoms with Crippen LogP contribution in [0.25, 0.3) is 11.0 Å². The van der Waals surface area contributed by atoms with Crippen molar-refractivity contribution in [1.29, 1.82) is 0 Å². The second-order valence-electron chi connectivity index (χ2n) is 7.33. The minimum absolute atomic E-state index is 0. The topological polar surface area (TPSA) is 113 Å². The molecular weight excluding hydrogens is 439 g/mol. The first-order valence-corrected chi connectivity index (χ1v) is 11.1. The fourth-order valence-corrected chi connectivity index (χ4v) is 5.23. The van der Waals surface area contributed by atoms with E-state index in [-0.39, 0.29) is 43.8 Å². The number of nitrogens with one attached hydrogen (secondary N) is 3. The number of aromatic amines is 1. The Morgan fingerprint density at radius 3 is 2.62 bits per heavy atom. The van der Waals surface area contributed by atoms with Crippen molar-refractivity contribution in [2.24, 2.45) is 0 Å². The Morgan fingerprint density at radius 2 is 2.00 bits per heavy atom. The Labute approximate surface area is 182 Å². The number of rotatable bonds is 4. The third-order valence-electron chi connectivity index (χ3n) is 5.53. The van der Waals surface area contributed by atoms with E-state index in [4.69, 9.17) is 4.74 Å². The highest BCUT2D eigenvalue weighted by Crippen LogP contribution is 2.31. The van der Waals surface area contributed by atoms with E-state index in [9.17, 15) is 13.2 Å². The van der Waals surface area contributed by atoms with Crippen LogP contribution in [0.4, 0.5) is 5.69 Å². The molecular formula is C18H26Cl2N4O4S. The third kappa shape index (κ3) is 4.54. The van der Waals surface area contributed by atoms with Crippen molar-refractivity contribution < 1.29 is 17.9 Å². The van der Waals surface area contributed by atoms with Gasteiger partial charge in [0, 0.05) is 18.6 Å². The molecule has 2 aliphatic heterocycles. The van der Waals surface area contributed by atoms with Gasteiger partial charge in [-0.15, -0.1) is 24.8 Å². The van der Waals surface area contributed by atoms with Gasteiger partial charge in [0.25, 0.3) is 0 Å². The van der Waals surface area contributed by atoms with E-state index >= 15 is 0 Å². The van der Waals surface area contributed by atoms with E-state index in [0.29, 0.717) is 18.8 Å². The number of sulfone groups is 1. The van der Waals surface area contributed by atoms with Gasteiger partial charge in [-0.05, 0) is 57.0 Å². The largest absolute Gasteiger partial charge is 0.370 e. The molecule has 0 bridgehead atoms. The Kier molecular flexibility index (Phi) is 7.56. The number of ether oxygens (including phenoxy) is 1. The molecule has 29 heavy (non-hydrogen) atoms. The maximum Gasteiger partial charge on any atom is 0.245 e. The number of hydrogen-bond donors (Lipinski definition) is 3. The molecule has 0 radical (unpaired) electrons. The van der Waals surface area contributed by atoms with Crippen molar-refractivity contribution in [2.45, 2.75) is 36.5 Å². The van der Waals surface area contributed by atoms with Crippen molar-refractivity contribution in [3.8, 4) is 0 Å². The molecule has 1 atom stereocenters. The van der Waals surface area contributed by atoms with E-state index in [1.807, 2.05) is 6.07 Å². The van der Waals surface area contributed by atoms with Gasteiger partial charge < -0.3 is 20.4 Å². The first kappa shape index (κ1) is 23.9. The molecule has 0 aliphatic carbocycles. The van der Waals surface area contributed by atoms with E-state index in [0.717, 1.165) is 42.6 Å². The fourth-order valence-electron chi connectivity index (χ4n) is 3.89. The van der Waals surface area contributed by atoms with Crippen molar-refractivity contribution in [3.05, 3.63) is 24.0 Å². The summed E-state index contributed by atoms with van der Waals surface area (Å²) in [6, 6.07) is 5.35. The zero-order valence-corrected chi connectivity index (χ0v) is 18.5. The molecule has 0 spiro atoms. The Hall–Kier alpha value is -1.39. The number of aromatic nitrogens is 2. The van der Waals surface area contributed by atoms with Crippen LogP contribution in [0.1, 0.15) is 37.6 Å². The molecule has 0 saturated carbocycles. The van der Waals surface area contributed by atoms with Crippen LogP contribution in [0.3, 0.4) is 0 Å². The highest BCUT2D eigenvalue weighted by Gasteiger charge is 2.48. The second kappa shape index (κ2) is 9.18. The summed E-state index contributed by atoms with van der Waals surface area (Å²) >= 11 is 0. The highest BCUT2D eigenvalue weighted by atomic mass is 35.5. The summed E-state index contributed by atoms with van der Waals surface area (Å²) in [5, 5.41) is 5.92. The van der Waals surface area contributed by atoms with Crippen LogP contribution in [-0.4, -0.2) is 55.0 Å². The summed E-state index contributed by atoms with van der Waals surface area (Å²) < 4.78 is 29.0. The molecule has 2 saturated heterocycles. The van der Waals surface area contributed by atoms with Crippen LogP contribution >= 0.6 is 24.8 Å². The third-order valence-corrected chi connectivity index (χ3v) is 7.54. The lowest BCUT2D eigenvalue weighted by atomic mass is 9.95. The van der Waals surface area contributed by atoms with Gasteiger partial charge >= 0.3 is 0 Å². The van der Waals surface area contributed by atoms with Crippen molar-refractivity contribution in [1.82, 2.24) is 15.3 Å². The zero-order chi connectivity index (χ0) is 19.1. The Balaban J connectivity index is 0.00000150. The SMILES string of the molecule is CS(=O)(=O)C1(C(=O)Nc2ccc3nc(C4CCCO4)[nH]c3c2)CCNCC1.Cl.Cl. The standard InChI is InChI=1S/C18H24N4O4S.2ClH/c1-27(24,25)18(6-8-19-9-7-18)17(23)20-12-4-5-13-14(11-12)22-16(21-13)15-3-2-10-26-15;;/h4-5,11,15,19H,2-3,6-10H2,1H3,(H,20,23)(H,21,22);2*1H. The molecule has 3 heterocycles. The summed E-state index contributed by atoms with van der Waals surface area (Å²) in [5.41, 5.74) is 2.13. The van der Waals surface area contributed by atoms with E-state index in [1.54, 1.807) is 12.1 Å². The van der Waals surface area contributed by atoms with Crippen LogP contribution in [0, 0.1) is 0 Å². The maximum absolute atomic E-state index is 12.9. The summed E-state index contributed by atoms with van der Waals surface area (Å²) in [7, 11) is -3.55. The van der Waals surface area contributed by atoms with Crippen molar-refractivity contribution in [2.75, 3.05) is 31.3 Å². The minimum atomic E-state index is -3.55. The molecule has 2 aliphatic rings. The summed E-state index contributed by atoms with van der Waals surface area (Å²) in [6.07, 6.45) is 3.63. The zero-order valence-electron chi connectivity index (χ0n) is 16.1. The number of fused-ring (bicyclic) bond motifs is 1. The molecule has 1 aromatic heterocycles. The predicted molar refractivity (Wildman–Crippen MR) is 117 cm³/mol. The molecule has 1 unspecified atom stereocenters. The molecule has 2 fully saturated rings. The molecule has 11 heteroatoms. The van der Waals surface area contributed by atoms with Gasteiger partial charge in [0.1, 0.15) is 11.9 Å². The molecule has 1 aromatic carbocycles. The number of carbonyl (C=O) groups is 1. The number of piperidine rings is 1. The number of H-pyrrole nitrogens is 1. The first-order chi connectivity index (χ1) is 12.9. The van der Waals surface area contributed by atoms with Gasteiger partial charge in [-0.1, -0.05) is 0 Å². The van der Waals surface area contributed by atoms with Gasteiger partial charge in [-0.3, -0.25) is 4.79 Å². The average molecular weight is 465 g/mol. The van der Waals surface area contributed by atoms with Crippen LogP contribution in [0.15, 0.2) is 18.2 Å².